The van der Waals surface area contributed by atoms with Gasteiger partial charge in [-0.2, -0.15) is 0 Å². The van der Waals surface area contributed by atoms with Crippen LogP contribution in [0.15, 0.2) is 0 Å². The van der Waals surface area contributed by atoms with E-state index in [4.69, 9.17) is 10.5 Å². The Bertz CT molecular complexity index is 377. The lowest BCUT2D eigenvalue weighted by Crippen LogP contribution is -2.57. The van der Waals surface area contributed by atoms with Crippen molar-refractivity contribution >= 4 is 5.91 Å². The first-order valence-corrected chi connectivity index (χ1v) is 8.22. The highest BCUT2D eigenvalue weighted by atomic mass is 16.5. The molecule has 0 aromatic heterocycles. The van der Waals surface area contributed by atoms with Crippen molar-refractivity contribution in [2.75, 3.05) is 33.8 Å². The van der Waals surface area contributed by atoms with Gasteiger partial charge in [0.15, 0.2) is 0 Å². The zero-order chi connectivity index (χ0) is 15.5. The van der Waals surface area contributed by atoms with Crippen molar-refractivity contribution in [2.45, 2.75) is 56.6 Å². The van der Waals surface area contributed by atoms with Crippen molar-refractivity contribution in [1.29, 1.82) is 0 Å². The van der Waals surface area contributed by atoms with Gasteiger partial charge in [0, 0.05) is 13.7 Å². The molecule has 1 saturated heterocycles. The van der Waals surface area contributed by atoms with Crippen LogP contribution in [-0.4, -0.2) is 55.7 Å². The van der Waals surface area contributed by atoms with Gasteiger partial charge in [-0.05, 0) is 65.1 Å². The summed E-state index contributed by atoms with van der Waals surface area (Å²) in [5.74, 6) is 0.170. The van der Waals surface area contributed by atoms with E-state index in [1.54, 1.807) is 7.11 Å². The molecule has 1 aliphatic heterocycles. The minimum Gasteiger partial charge on any atom is -0.377 e. The summed E-state index contributed by atoms with van der Waals surface area (Å²) in [5, 5.41) is 3.22. The van der Waals surface area contributed by atoms with Crippen LogP contribution in [0, 0.1) is 5.92 Å². The Morgan fingerprint density at radius 2 is 2.19 bits per heavy atom. The monoisotopic (exact) mass is 297 g/mol. The van der Waals surface area contributed by atoms with Crippen LogP contribution in [0.2, 0.25) is 0 Å². The number of amides is 1. The van der Waals surface area contributed by atoms with Crippen molar-refractivity contribution < 1.29 is 9.53 Å². The fraction of sp³-hybridized carbons (Fsp3) is 0.938. The molecule has 122 valence electrons. The largest absolute Gasteiger partial charge is 0.377 e. The third kappa shape index (κ3) is 3.41. The van der Waals surface area contributed by atoms with Gasteiger partial charge in [0.1, 0.15) is 5.54 Å². The Labute approximate surface area is 128 Å². The van der Waals surface area contributed by atoms with Gasteiger partial charge in [-0.3, -0.25) is 4.79 Å². The van der Waals surface area contributed by atoms with E-state index in [-0.39, 0.29) is 11.5 Å². The number of nitrogens with zero attached hydrogens (tertiary/aromatic N) is 1. The molecule has 3 atom stereocenters. The van der Waals surface area contributed by atoms with E-state index >= 15 is 0 Å². The van der Waals surface area contributed by atoms with Gasteiger partial charge < -0.3 is 20.7 Å². The molecule has 1 amide bonds. The fourth-order valence-corrected chi connectivity index (χ4v) is 4.25. The molecular weight excluding hydrogens is 266 g/mol. The number of nitrogens with one attached hydrogen (secondary N) is 1. The van der Waals surface area contributed by atoms with Crippen molar-refractivity contribution in [3.05, 3.63) is 0 Å². The van der Waals surface area contributed by atoms with Crippen LogP contribution < -0.4 is 11.1 Å². The molecule has 0 aromatic rings. The summed E-state index contributed by atoms with van der Waals surface area (Å²) in [7, 11) is 3.67. The number of piperidine rings is 1. The lowest BCUT2D eigenvalue weighted by atomic mass is 9.83. The second-order valence-corrected chi connectivity index (χ2v) is 7.00. The van der Waals surface area contributed by atoms with Crippen LogP contribution in [0.5, 0.6) is 0 Å². The number of carbonyl (C=O) groups is 1. The number of hydrogen-bond donors (Lipinski definition) is 2. The summed E-state index contributed by atoms with van der Waals surface area (Å²) in [6, 6.07) is 0. The van der Waals surface area contributed by atoms with Crippen molar-refractivity contribution in [3.8, 4) is 0 Å². The zero-order valence-electron chi connectivity index (χ0n) is 13.8. The third-order valence-electron chi connectivity index (χ3n) is 5.73. The van der Waals surface area contributed by atoms with E-state index in [0.717, 1.165) is 51.7 Å². The molecule has 5 heteroatoms. The Hall–Kier alpha value is -0.650. The number of carbonyl (C=O) groups excluding carboxylic acids is 1. The van der Waals surface area contributed by atoms with Crippen LogP contribution >= 0.6 is 0 Å². The summed E-state index contributed by atoms with van der Waals surface area (Å²) in [6.45, 7) is 5.34. The van der Waals surface area contributed by atoms with E-state index in [0.29, 0.717) is 5.92 Å². The average molecular weight is 297 g/mol. The van der Waals surface area contributed by atoms with Crippen LogP contribution in [0.3, 0.4) is 0 Å². The third-order valence-corrected chi connectivity index (χ3v) is 5.73. The summed E-state index contributed by atoms with van der Waals surface area (Å²) in [4.78, 5) is 14.4. The van der Waals surface area contributed by atoms with Crippen LogP contribution in [-0.2, 0) is 9.53 Å². The predicted molar refractivity (Wildman–Crippen MR) is 84.0 cm³/mol. The average Bonchev–Trinajstić information content (AvgIpc) is 2.89. The highest BCUT2D eigenvalue weighted by molar-refractivity contribution is 5.85. The van der Waals surface area contributed by atoms with E-state index in [1.165, 1.54) is 6.42 Å². The maximum absolute atomic E-state index is 11.9. The van der Waals surface area contributed by atoms with Gasteiger partial charge in [0.2, 0.25) is 5.91 Å². The molecule has 0 spiro atoms. The SMILES string of the molecule is CNC1(C(N)=O)CCCC1CCN1CCCC(C)(OC)C1. The van der Waals surface area contributed by atoms with Gasteiger partial charge in [0.05, 0.1) is 5.60 Å². The van der Waals surface area contributed by atoms with E-state index in [9.17, 15) is 4.79 Å². The molecule has 2 fully saturated rings. The van der Waals surface area contributed by atoms with Gasteiger partial charge in [-0.1, -0.05) is 6.42 Å². The quantitative estimate of drug-likeness (QED) is 0.771. The van der Waals surface area contributed by atoms with Gasteiger partial charge in [0.25, 0.3) is 0 Å². The first-order chi connectivity index (χ1) is 9.96. The molecule has 2 rings (SSSR count). The molecule has 0 aromatic carbocycles. The minimum atomic E-state index is -0.486. The topological polar surface area (TPSA) is 67.6 Å². The van der Waals surface area contributed by atoms with E-state index < -0.39 is 5.54 Å². The molecule has 3 N–H and O–H groups in total. The maximum atomic E-state index is 11.9. The maximum Gasteiger partial charge on any atom is 0.238 e. The number of ether oxygens (including phenoxy) is 1. The summed E-state index contributed by atoms with van der Waals surface area (Å²) in [6.07, 6.45) is 6.40. The Morgan fingerprint density at radius 3 is 2.81 bits per heavy atom. The molecule has 1 aliphatic carbocycles. The molecule has 1 saturated carbocycles. The standard InChI is InChI=1S/C16H31N3O2/c1-15(21-3)8-5-10-19(12-15)11-7-13-6-4-9-16(13,18-2)14(17)20/h13,18H,4-12H2,1-3H3,(H2,17,20). The lowest BCUT2D eigenvalue weighted by molar-refractivity contribution is -0.125. The highest BCUT2D eigenvalue weighted by Crippen LogP contribution is 2.38. The number of hydrogen-bond acceptors (Lipinski definition) is 4. The number of nitrogens with two attached hydrogens (primary N) is 1. The van der Waals surface area contributed by atoms with Gasteiger partial charge in [-0.25, -0.2) is 0 Å². The van der Waals surface area contributed by atoms with Crippen molar-refractivity contribution in [3.63, 3.8) is 0 Å². The van der Waals surface area contributed by atoms with Crippen molar-refractivity contribution in [2.24, 2.45) is 11.7 Å². The zero-order valence-corrected chi connectivity index (χ0v) is 13.8. The van der Waals surface area contributed by atoms with Crippen molar-refractivity contribution in [1.82, 2.24) is 10.2 Å². The van der Waals surface area contributed by atoms with E-state index in [1.807, 2.05) is 7.05 Å². The Kier molecular flexibility index (Phi) is 5.28. The molecule has 0 bridgehead atoms. The second-order valence-electron chi connectivity index (χ2n) is 7.00. The second kappa shape index (κ2) is 6.63. The van der Waals surface area contributed by atoms with Gasteiger partial charge >= 0.3 is 0 Å². The fourth-order valence-electron chi connectivity index (χ4n) is 4.25. The molecule has 2 aliphatic rings. The number of primary amides is 1. The molecule has 1 heterocycles. The number of likely N-dealkylation sites (tertiary alicyclic amines) is 1. The summed E-state index contributed by atoms with van der Waals surface area (Å²) < 4.78 is 5.65. The molecule has 0 radical (unpaired) electrons. The van der Waals surface area contributed by atoms with Gasteiger partial charge in [-0.15, -0.1) is 0 Å². The Balaban J connectivity index is 1.92. The summed E-state index contributed by atoms with van der Waals surface area (Å²) >= 11 is 0. The molecule has 3 unspecified atom stereocenters. The normalized spacial score (nSPS) is 37.8. The minimum absolute atomic E-state index is 0.0162. The van der Waals surface area contributed by atoms with Crippen LogP contribution in [0.25, 0.3) is 0 Å². The Morgan fingerprint density at radius 1 is 1.43 bits per heavy atom. The highest BCUT2D eigenvalue weighted by Gasteiger charge is 2.46. The molecule has 21 heavy (non-hydrogen) atoms. The van der Waals surface area contributed by atoms with Crippen LogP contribution in [0.4, 0.5) is 0 Å². The lowest BCUT2D eigenvalue weighted by Gasteiger charge is -2.40. The smallest absolute Gasteiger partial charge is 0.238 e. The first kappa shape index (κ1) is 16.7. The van der Waals surface area contributed by atoms with E-state index in [2.05, 4.69) is 17.1 Å². The van der Waals surface area contributed by atoms with Crippen LogP contribution in [0.1, 0.15) is 45.4 Å². The first-order valence-electron chi connectivity index (χ1n) is 8.22. The number of rotatable bonds is 6. The molecular formula is C16H31N3O2. The number of methoxy groups -OCH3 is 1. The summed E-state index contributed by atoms with van der Waals surface area (Å²) in [5.41, 5.74) is 5.17. The number of likely N-dealkylation sites (N-methyl/N-ethyl adjacent to an activating group) is 1. The predicted octanol–water partition coefficient (Wildman–Crippen LogP) is 1.12. The molecule has 5 nitrogen and oxygen atoms in total.